The van der Waals surface area contributed by atoms with Crippen LogP contribution in [0.3, 0.4) is 0 Å². The van der Waals surface area contributed by atoms with Crippen LogP contribution in [0.2, 0.25) is 0 Å². The zero-order chi connectivity index (χ0) is 9.71. The van der Waals surface area contributed by atoms with Gasteiger partial charge in [0.05, 0.1) is 10.0 Å². The van der Waals surface area contributed by atoms with Crippen molar-refractivity contribution < 1.29 is 0 Å². The zero-order valence-electron chi connectivity index (χ0n) is 7.28. The number of benzene rings is 1. The number of nitrogen functional groups attached to an aromatic ring is 2. The predicted molar refractivity (Wildman–Crippen MR) is 66.0 cm³/mol. The second-order valence-corrected chi connectivity index (χ2v) is 5.42. The predicted octanol–water partition coefficient (Wildman–Crippen LogP) is 3.28. The van der Waals surface area contributed by atoms with Crippen molar-refractivity contribution >= 4 is 52.8 Å². The third-order valence-electron chi connectivity index (χ3n) is 2.24. The van der Waals surface area contributed by atoms with E-state index in [9.17, 15) is 0 Å². The van der Waals surface area contributed by atoms with Crippen LogP contribution in [0.1, 0.15) is 0 Å². The maximum Gasteiger partial charge on any atom is 0.0869 e. The van der Waals surface area contributed by atoms with E-state index in [2.05, 4.69) is 12.1 Å². The largest absolute Gasteiger partial charge is 0.391 e. The van der Waals surface area contributed by atoms with Crippen molar-refractivity contribution in [2.24, 2.45) is 0 Å². The molecular formula is C10H8N2S2. The van der Waals surface area contributed by atoms with E-state index in [0.717, 1.165) is 10.0 Å². The molecule has 0 atom stereocenters. The van der Waals surface area contributed by atoms with Crippen molar-refractivity contribution in [3.63, 3.8) is 0 Å². The molecule has 70 valence electrons. The smallest absolute Gasteiger partial charge is 0.0869 e. The van der Waals surface area contributed by atoms with Gasteiger partial charge < -0.3 is 11.5 Å². The third-order valence-corrected chi connectivity index (χ3v) is 4.09. The molecule has 0 bridgehead atoms. The molecule has 0 saturated carbocycles. The first-order chi connectivity index (χ1) is 6.74. The maximum atomic E-state index is 5.78. The molecule has 1 aromatic carbocycles. The Kier molecular flexibility index (Phi) is 1.51. The van der Waals surface area contributed by atoms with Crippen LogP contribution in [-0.4, -0.2) is 0 Å². The first kappa shape index (κ1) is 8.08. The molecule has 0 aliphatic carbocycles. The molecule has 0 aliphatic heterocycles. The molecule has 2 nitrogen and oxygen atoms in total. The van der Waals surface area contributed by atoms with E-state index < -0.39 is 0 Å². The van der Waals surface area contributed by atoms with E-state index in [-0.39, 0.29) is 0 Å². The Morgan fingerprint density at radius 1 is 0.786 bits per heavy atom. The molecule has 2 heterocycles. The quantitative estimate of drug-likeness (QED) is 0.611. The van der Waals surface area contributed by atoms with E-state index in [1.165, 1.54) is 20.2 Å². The fraction of sp³-hybridized carbons (Fsp3) is 0. The van der Waals surface area contributed by atoms with Gasteiger partial charge in [0, 0.05) is 20.2 Å². The Labute approximate surface area is 88.8 Å². The standard InChI is InChI=1S/C10H8N2S2/c11-9-3-5-6-4-10(12)14-8(6)2-1-7(5)13-9/h1-4H,11-12H2. The average molecular weight is 220 g/mol. The van der Waals surface area contributed by atoms with Crippen molar-refractivity contribution in [2.45, 2.75) is 0 Å². The monoisotopic (exact) mass is 220 g/mol. The lowest BCUT2D eigenvalue weighted by molar-refractivity contribution is 1.97. The number of thiophene rings is 2. The first-order valence-electron chi connectivity index (χ1n) is 4.21. The summed E-state index contributed by atoms with van der Waals surface area (Å²) in [6.45, 7) is 0. The summed E-state index contributed by atoms with van der Waals surface area (Å²) in [6, 6.07) is 8.26. The number of rotatable bonds is 0. The van der Waals surface area contributed by atoms with Crippen molar-refractivity contribution in [3.8, 4) is 0 Å². The summed E-state index contributed by atoms with van der Waals surface area (Å²) >= 11 is 3.24. The Morgan fingerprint density at radius 2 is 1.21 bits per heavy atom. The summed E-state index contributed by atoms with van der Waals surface area (Å²) in [5, 5.41) is 4.16. The van der Waals surface area contributed by atoms with Gasteiger partial charge in [-0.25, -0.2) is 0 Å². The van der Waals surface area contributed by atoms with Gasteiger partial charge in [0.2, 0.25) is 0 Å². The highest BCUT2D eigenvalue weighted by molar-refractivity contribution is 7.24. The molecule has 0 amide bonds. The number of hydrogen-bond donors (Lipinski definition) is 2. The molecule has 0 radical (unpaired) electrons. The highest BCUT2D eigenvalue weighted by atomic mass is 32.1. The van der Waals surface area contributed by atoms with Gasteiger partial charge in [0.15, 0.2) is 0 Å². The molecule has 0 unspecified atom stereocenters. The lowest BCUT2D eigenvalue weighted by atomic mass is 10.2. The van der Waals surface area contributed by atoms with Crippen molar-refractivity contribution in [3.05, 3.63) is 24.3 Å². The van der Waals surface area contributed by atoms with Crippen molar-refractivity contribution in [1.82, 2.24) is 0 Å². The maximum absolute atomic E-state index is 5.78. The zero-order valence-corrected chi connectivity index (χ0v) is 8.91. The second-order valence-electron chi connectivity index (χ2n) is 3.19. The molecular weight excluding hydrogens is 212 g/mol. The number of fused-ring (bicyclic) bond motifs is 3. The summed E-state index contributed by atoms with van der Waals surface area (Å²) in [6.07, 6.45) is 0. The van der Waals surface area contributed by atoms with Crippen LogP contribution in [0.15, 0.2) is 24.3 Å². The van der Waals surface area contributed by atoms with Gasteiger partial charge in [0.25, 0.3) is 0 Å². The van der Waals surface area contributed by atoms with Crippen LogP contribution < -0.4 is 11.5 Å². The highest BCUT2D eigenvalue weighted by Gasteiger charge is 2.06. The van der Waals surface area contributed by atoms with E-state index in [4.69, 9.17) is 11.5 Å². The third kappa shape index (κ3) is 1.01. The fourth-order valence-corrected chi connectivity index (χ4v) is 3.36. The summed E-state index contributed by atoms with van der Waals surface area (Å²) < 4.78 is 2.46. The fourth-order valence-electron chi connectivity index (χ4n) is 1.67. The van der Waals surface area contributed by atoms with Crippen LogP contribution >= 0.6 is 22.7 Å². The Hall–Kier alpha value is -1.26. The van der Waals surface area contributed by atoms with Crippen LogP contribution in [0.25, 0.3) is 20.2 Å². The molecule has 4 heteroatoms. The van der Waals surface area contributed by atoms with E-state index in [0.29, 0.717) is 0 Å². The average Bonchev–Trinajstić information content (AvgIpc) is 2.65. The summed E-state index contributed by atoms with van der Waals surface area (Å²) in [5.74, 6) is 0. The topological polar surface area (TPSA) is 52.0 Å². The van der Waals surface area contributed by atoms with Crippen LogP contribution in [0.4, 0.5) is 10.0 Å². The number of hydrogen-bond acceptors (Lipinski definition) is 4. The van der Waals surface area contributed by atoms with Crippen LogP contribution in [0, 0.1) is 0 Å². The normalized spacial score (nSPS) is 11.4. The van der Waals surface area contributed by atoms with Gasteiger partial charge in [-0.15, -0.1) is 22.7 Å². The van der Waals surface area contributed by atoms with Crippen LogP contribution in [-0.2, 0) is 0 Å². The van der Waals surface area contributed by atoms with E-state index in [1.54, 1.807) is 22.7 Å². The molecule has 3 rings (SSSR count). The molecule has 4 N–H and O–H groups in total. The lowest BCUT2D eigenvalue weighted by Gasteiger charge is -1.90. The number of nitrogens with two attached hydrogens (primary N) is 2. The van der Waals surface area contributed by atoms with E-state index in [1.807, 2.05) is 12.1 Å². The summed E-state index contributed by atoms with van der Waals surface area (Å²) in [5.41, 5.74) is 11.6. The second kappa shape index (κ2) is 2.62. The van der Waals surface area contributed by atoms with Gasteiger partial charge in [-0.05, 0) is 24.3 Å². The summed E-state index contributed by atoms with van der Waals surface area (Å²) in [4.78, 5) is 0. The SMILES string of the molecule is Nc1cc2c(ccc3sc(N)cc32)s1. The van der Waals surface area contributed by atoms with Gasteiger partial charge in [-0.3, -0.25) is 0 Å². The first-order valence-corrected chi connectivity index (χ1v) is 5.84. The van der Waals surface area contributed by atoms with Crippen LogP contribution in [0.5, 0.6) is 0 Å². The molecule has 2 aromatic heterocycles. The van der Waals surface area contributed by atoms with Gasteiger partial charge in [-0.2, -0.15) is 0 Å². The molecule has 3 aromatic rings. The highest BCUT2D eigenvalue weighted by Crippen LogP contribution is 2.37. The Bertz CT molecular complexity index is 566. The molecule has 0 aliphatic rings. The number of anilines is 2. The minimum atomic E-state index is 0.859. The van der Waals surface area contributed by atoms with Gasteiger partial charge in [-0.1, -0.05) is 0 Å². The van der Waals surface area contributed by atoms with Crippen molar-refractivity contribution in [2.75, 3.05) is 11.5 Å². The lowest BCUT2D eigenvalue weighted by Crippen LogP contribution is -1.73. The Morgan fingerprint density at radius 3 is 1.64 bits per heavy atom. The minimum Gasteiger partial charge on any atom is -0.391 e. The molecule has 0 spiro atoms. The van der Waals surface area contributed by atoms with Gasteiger partial charge >= 0.3 is 0 Å². The Balaban J connectivity index is 2.58. The van der Waals surface area contributed by atoms with Crippen molar-refractivity contribution in [1.29, 1.82) is 0 Å². The molecule has 0 saturated heterocycles. The van der Waals surface area contributed by atoms with Gasteiger partial charge in [0.1, 0.15) is 0 Å². The molecule has 0 fully saturated rings. The summed E-state index contributed by atoms with van der Waals surface area (Å²) in [7, 11) is 0. The van der Waals surface area contributed by atoms with E-state index >= 15 is 0 Å². The minimum absolute atomic E-state index is 0.859. The molecule has 14 heavy (non-hydrogen) atoms.